The van der Waals surface area contributed by atoms with Gasteiger partial charge in [-0.2, -0.15) is 0 Å². The summed E-state index contributed by atoms with van der Waals surface area (Å²) in [6.07, 6.45) is 0.760. The highest BCUT2D eigenvalue weighted by atomic mass is 79.9. The lowest BCUT2D eigenvalue weighted by Crippen LogP contribution is -2.51. The first kappa shape index (κ1) is 16.7. The van der Waals surface area contributed by atoms with Gasteiger partial charge < -0.3 is 11.1 Å². The SMILES string of the molecule is CC(Cc1cccc(Br)c1)NC(=O)C(C)(N)c1ccccc1. The Kier molecular flexibility index (Phi) is 5.37. The van der Waals surface area contributed by atoms with Crippen molar-refractivity contribution in [3.63, 3.8) is 0 Å². The molecular weight excluding hydrogens is 340 g/mol. The molecule has 0 spiro atoms. The van der Waals surface area contributed by atoms with E-state index in [4.69, 9.17) is 5.73 Å². The molecule has 0 aliphatic carbocycles. The molecule has 22 heavy (non-hydrogen) atoms. The lowest BCUT2D eigenvalue weighted by molar-refractivity contribution is -0.126. The minimum Gasteiger partial charge on any atom is -0.351 e. The second-order valence-corrected chi connectivity index (χ2v) is 6.69. The van der Waals surface area contributed by atoms with Crippen molar-refractivity contribution in [3.05, 3.63) is 70.2 Å². The van der Waals surface area contributed by atoms with E-state index < -0.39 is 5.54 Å². The number of rotatable bonds is 5. The maximum atomic E-state index is 12.5. The van der Waals surface area contributed by atoms with Gasteiger partial charge in [0, 0.05) is 10.5 Å². The first-order valence-electron chi connectivity index (χ1n) is 7.29. The molecule has 3 nitrogen and oxygen atoms in total. The quantitative estimate of drug-likeness (QED) is 0.858. The van der Waals surface area contributed by atoms with Gasteiger partial charge in [0.2, 0.25) is 5.91 Å². The summed E-state index contributed by atoms with van der Waals surface area (Å²) < 4.78 is 1.04. The Bertz CT molecular complexity index is 641. The third kappa shape index (κ3) is 4.18. The number of carbonyl (C=O) groups excluding carboxylic acids is 1. The highest BCUT2D eigenvalue weighted by Crippen LogP contribution is 2.18. The predicted molar refractivity (Wildman–Crippen MR) is 93.4 cm³/mol. The number of halogens is 1. The highest BCUT2D eigenvalue weighted by Gasteiger charge is 2.31. The second kappa shape index (κ2) is 7.07. The molecule has 2 aromatic carbocycles. The molecule has 2 rings (SSSR count). The minimum absolute atomic E-state index is 0.00777. The van der Waals surface area contributed by atoms with Crippen molar-refractivity contribution in [1.82, 2.24) is 5.32 Å². The summed E-state index contributed by atoms with van der Waals surface area (Å²) in [4.78, 5) is 12.5. The summed E-state index contributed by atoms with van der Waals surface area (Å²) in [6, 6.07) is 17.5. The number of benzene rings is 2. The van der Waals surface area contributed by atoms with Crippen LogP contribution in [0.4, 0.5) is 0 Å². The molecule has 4 heteroatoms. The molecule has 1 amide bonds. The Morgan fingerprint density at radius 1 is 1.23 bits per heavy atom. The van der Waals surface area contributed by atoms with E-state index >= 15 is 0 Å². The lowest BCUT2D eigenvalue weighted by Gasteiger charge is -2.26. The molecule has 0 fully saturated rings. The maximum Gasteiger partial charge on any atom is 0.244 e. The van der Waals surface area contributed by atoms with Crippen LogP contribution < -0.4 is 11.1 Å². The Morgan fingerprint density at radius 2 is 1.91 bits per heavy atom. The van der Waals surface area contributed by atoms with E-state index in [-0.39, 0.29) is 11.9 Å². The molecule has 0 aromatic heterocycles. The number of nitrogens with two attached hydrogens (primary N) is 1. The standard InChI is InChI=1S/C18H21BrN2O/c1-13(11-14-7-6-10-16(19)12-14)21-17(22)18(2,20)15-8-4-3-5-9-15/h3-10,12-13H,11,20H2,1-2H3,(H,21,22). The Balaban J connectivity index is 2.02. The number of carbonyl (C=O) groups is 1. The molecule has 2 atom stereocenters. The van der Waals surface area contributed by atoms with Crippen molar-refractivity contribution in [1.29, 1.82) is 0 Å². The molecule has 0 saturated heterocycles. The number of amides is 1. The van der Waals surface area contributed by atoms with Gasteiger partial charge in [0.1, 0.15) is 5.54 Å². The molecule has 3 N–H and O–H groups in total. The van der Waals surface area contributed by atoms with Crippen LogP contribution in [0.3, 0.4) is 0 Å². The van der Waals surface area contributed by atoms with Crippen molar-refractivity contribution in [2.24, 2.45) is 5.73 Å². The first-order valence-corrected chi connectivity index (χ1v) is 8.08. The Morgan fingerprint density at radius 3 is 2.55 bits per heavy atom. The predicted octanol–water partition coefficient (Wildman–Crippen LogP) is 3.37. The smallest absolute Gasteiger partial charge is 0.244 e. The Hall–Kier alpha value is -1.65. The molecule has 0 aliphatic rings. The normalized spacial score (nSPS) is 14.9. The van der Waals surface area contributed by atoms with E-state index in [9.17, 15) is 4.79 Å². The fourth-order valence-corrected chi connectivity index (χ4v) is 2.80. The van der Waals surface area contributed by atoms with Gasteiger partial charge in [0.05, 0.1) is 0 Å². The zero-order valence-corrected chi connectivity index (χ0v) is 14.4. The molecule has 0 aliphatic heterocycles. The molecule has 0 saturated carbocycles. The van der Waals surface area contributed by atoms with Crippen LogP contribution in [-0.2, 0) is 16.8 Å². The van der Waals surface area contributed by atoms with Crippen molar-refractivity contribution in [2.75, 3.05) is 0 Å². The van der Waals surface area contributed by atoms with Gasteiger partial charge in [0.25, 0.3) is 0 Å². The van der Waals surface area contributed by atoms with E-state index in [1.807, 2.05) is 55.5 Å². The average Bonchev–Trinajstić information content (AvgIpc) is 2.48. The molecule has 0 heterocycles. The van der Waals surface area contributed by atoms with Gasteiger partial charge in [-0.05, 0) is 43.5 Å². The largest absolute Gasteiger partial charge is 0.351 e. The van der Waals surface area contributed by atoms with E-state index in [0.29, 0.717) is 0 Å². The summed E-state index contributed by atoms with van der Waals surface area (Å²) in [7, 11) is 0. The third-order valence-corrected chi connectivity index (χ3v) is 4.15. The van der Waals surface area contributed by atoms with E-state index in [2.05, 4.69) is 27.3 Å². The fourth-order valence-electron chi connectivity index (χ4n) is 2.36. The van der Waals surface area contributed by atoms with Crippen molar-refractivity contribution in [2.45, 2.75) is 31.8 Å². The lowest BCUT2D eigenvalue weighted by atomic mass is 9.92. The maximum absolute atomic E-state index is 12.5. The van der Waals surface area contributed by atoms with Crippen LogP contribution in [0.25, 0.3) is 0 Å². The van der Waals surface area contributed by atoms with Crippen LogP contribution in [0.5, 0.6) is 0 Å². The molecule has 2 unspecified atom stereocenters. The third-order valence-electron chi connectivity index (χ3n) is 3.65. The zero-order valence-electron chi connectivity index (χ0n) is 12.8. The number of nitrogens with one attached hydrogen (secondary N) is 1. The first-order chi connectivity index (χ1) is 10.4. The Labute approximate surface area is 140 Å². The summed E-state index contributed by atoms with van der Waals surface area (Å²) in [5, 5.41) is 3.01. The number of hydrogen-bond acceptors (Lipinski definition) is 2. The summed E-state index contributed by atoms with van der Waals surface area (Å²) in [6.45, 7) is 3.73. The average molecular weight is 361 g/mol. The van der Waals surface area contributed by atoms with Crippen LogP contribution in [0.15, 0.2) is 59.1 Å². The van der Waals surface area contributed by atoms with Crippen LogP contribution in [0, 0.1) is 0 Å². The van der Waals surface area contributed by atoms with Crippen LogP contribution >= 0.6 is 15.9 Å². The molecule has 0 bridgehead atoms. The molecular formula is C18H21BrN2O. The van der Waals surface area contributed by atoms with E-state index in [1.165, 1.54) is 5.56 Å². The second-order valence-electron chi connectivity index (χ2n) is 5.78. The highest BCUT2D eigenvalue weighted by molar-refractivity contribution is 9.10. The molecule has 0 radical (unpaired) electrons. The topological polar surface area (TPSA) is 55.1 Å². The van der Waals surface area contributed by atoms with Crippen LogP contribution in [-0.4, -0.2) is 11.9 Å². The van der Waals surface area contributed by atoms with Gasteiger partial charge in [-0.25, -0.2) is 0 Å². The van der Waals surface area contributed by atoms with Gasteiger partial charge in [-0.3, -0.25) is 4.79 Å². The van der Waals surface area contributed by atoms with Gasteiger partial charge >= 0.3 is 0 Å². The monoisotopic (exact) mass is 360 g/mol. The number of hydrogen-bond donors (Lipinski definition) is 2. The summed E-state index contributed by atoms with van der Waals surface area (Å²) in [5.74, 6) is -0.166. The van der Waals surface area contributed by atoms with Gasteiger partial charge in [-0.15, -0.1) is 0 Å². The van der Waals surface area contributed by atoms with Crippen molar-refractivity contribution >= 4 is 21.8 Å². The van der Waals surface area contributed by atoms with Crippen molar-refractivity contribution < 1.29 is 4.79 Å². The fraction of sp³-hybridized carbons (Fsp3) is 0.278. The molecule has 2 aromatic rings. The molecule has 116 valence electrons. The zero-order chi connectivity index (χ0) is 16.2. The summed E-state index contributed by atoms with van der Waals surface area (Å²) >= 11 is 3.46. The minimum atomic E-state index is -1.03. The van der Waals surface area contributed by atoms with Crippen molar-refractivity contribution in [3.8, 4) is 0 Å². The van der Waals surface area contributed by atoms with Crippen LogP contribution in [0.1, 0.15) is 25.0 Å². The van der Waals surface area contributed by atoms with Gasteiger partial charge in [0.15, 0.2) is 0 Å². The summed E-state index contributed by atoms with van der Waals surface area (Å²) in [5.41, 5.74) is 7.17. The van der Waals surface area contributed by atoms with Gasteiger partial charge in [-0.1, -0.05) is 58.4 Å². The van der Waals surface area contributed by atoms with E-state index in [0.717, 1.165) is 16.5 Å². The van der Waals surface area contributed by atoms with E-state index in [1.54, 1.807) is 6.92 Å². The van der Waals surface area contributed by atoms with Crippen LogP contribution in [0.2, 0.25) is 0 Å².